The number of hydrogen-bond donors (Lipinski definition) is 1. The van der Waals surface area contributed by atoms with Crippen molar-refractivity contribution in [3.63, 3.8) is 0 Å². The molecule has 0 saturated carbocycles. The highest BCUT2D eigenvalue weighted by molar-refractivity contribution is 6.29. The van der Waals surface area contributed by atoms with Crippen LogP contribution in [0.15, 0.2) is 24.5 Å². The van der Waals surface area contributed by atoms with E-state index < -0.39 is 0 Å². The number of ether oxygens (including phenoxy) is 2. The zero-order valence-corrected chi connectivity index (χ0v) is 11.3. The molecule has 0 bridgehead atoms. The number of hydrogen-bond acceptors (Lipinski definition) is 6. The fraction of sp³-hybridized carbons (Fsp3) is 0.250. The summed E-state index contributed by atoms with van der Waals surface area (Å²) >= 11 is 5.82. The van der Waals surface area contributed by atoms with E-state index in [9.17, 15) is 0 Å². The molecule has 0 aliphatic heterocycles. The van der Waals surface area contributed by atoms with Crippen LogP contribution in [0, 0.1) is 0 Å². The summed E-state index contributed by atoms with van der Waals surface area (Å²) in [5.74, 6) is 1.57. The second kappa shape index (κ2) is 6.19. The van der Waals surface area contributed by atoms with Crippen molar-refractivity contribution >= 4 is 17.4 Å². The minimum Gasteiger partial charge on any atom is -0.481 e. The SMILES string of the molecule is COc1ncnc(OC)c1CNc1cccc(Cl)n1. The Balaban J connectivity index is 2.19. The lowest BCUT2D eigenvalue weighted by atomic mass is 10.3. The van der Waals surface area contributed by atoms with Gasteiger partial charge in [-0.25, -0.2) is 15.0 Å². The molecule has 0 aliphatic rings. The largest absolute Gasteiger partial charge is 0.481 e. The zero-order chi connectivity index (χ0) is 13.7. The minimum atomic E-state index is 0.417. The van der Waals surface area contributed by atoms with Crippen LogP contribution in [0.5, 0.6) is 11.8 Å². The van der Waals surface area contributed by atoms with Gasteiger partial charge in [0.25, 0.3) is 0 Å². The van der Waals surface area contributed by atoms with Gasteiger partial charge >= 0.3 is 0 Å². The van der Waals surface area contributed by atoms with Crippen LogP contribution in [0.4, 0.5) is 5.82 Å². The lowest BCUT2D eigenvalue weighted by molar-refractivity contribution is 0.363. The van der Waals surface area contributed by atoms with E-state index in [4.69, 9.17) is 21.1 Å². The van der Waals surface area contributed by atoms with Gasteiger partial charge in [0.2, 0.25) is 11.8 Å². The van der Waals surface area contributed by atoms with Crippen molar-refractivity contribution in [3.8, 4) is 11.8 Å². The van der Waals surface area contributed by atoms with E-state index in [1.54, 1.807) is 20.3 Å². The first-order valence-electron chi connectivity index (χ1n) is 5.53. The molecule has 2 aromatic rings. The van der Waals surface area contributed by atoms with E-state index in [1.165, 1.54) is 6.33 Å². The van der Waals surface area contributed by atoms with Crippen LogP contribution >= 0.6 is 11.6 Å². The highest BCUT2D eigenvalue weighted by Crippen LogP contribution is 2.24. The summed E-state index contributed by atoms with van der Waals surface area (Å²) in [5.41, 5.74) is 0.717. The molecule has 0 aromatic carbocycles. The van der Waals surface area contributed by atoms with Gasteiger partial charge in [0, 0.05) is 0 Å². The lowest BCUT2D eigenvalue weighted by Crippen LogP contribution is -2.07. The Morgan fingerprint density at radius 2 is 1.84 bits per heavy atom. The smallest absolute Gasteiger partial charge is 0.225 e. The van der Waals surface area contributed by atoms with Gasteiger partial charge in [-0.1, -0.05) is 17.7 Å². The minimum absolute atomic E-state index is 0.417. The molecule has 7 heteroatoms. The topological polar surface area (TPSA) is 69.2 Å². The average molecular weight is 281 g/mol. The molecular formula is C12H13ClN4O2. The standard InChI is InChI=1S/C12H13ClN4O2/c1-18-11-8(12(19-2)16-7-15-11)6-14-10-5-3-4-9(13)17-10/h3-5,7H,6H2,1-2H3,(H,14,17). The first-order chi connectivity index (χ1) is 9.24. The predicted molar refractivity (Wildman–Crippen MR) is 71.7 cm³/mol. The Kier molecular flexibility index (Phi) is 4.35. The van der Waals surface area contributed by atoms with Crippen molar-refractivity contribution in [2.24, 2.45) is 0 Å². The number of nitrogens with one attached hydrogen (secondary N) is 1. The lowest BCUT2D eigenvalue weighted by Gasteiger charge is -2.11. The molecule has 6 nitrogen and oxygen atoms in total. The summed E-state index contributed by atoms with van der Waals surface area (Å²) in [4.78, 5) is 12.2. The van der Waals surface area contributed by atoms with E-state index in [0.29, 0.717) is 34.8 Å². The average Bonchev–Trinajstić information content (AvgIpc) is 2.44. The maximum absolute atomic E-state index is 5.82. The third kappa shape index (κ3) is 3.23. The van der Waals surface area contributed by atoms with Crippen molar-refractivity contribution in [2.75, 3.05) is 19.5 Å². The summed E-state index contributed by atoms with van der Waals surface area (Å²) in [7, 11) is 3.09. The molecule has 0 saturated heterocycles. The van der Waals surface area contributed by atoms with E-state index in [0.717, 1.165) is 0 Å². The Bertz CT molecular complexity index is 543. The third-order valence-electron chi connectivity index (χ3n) is 2.41. The molecule has 2 rings (SSSR count). The van der Waals surface area contributed by atoms with Crippen molar-refractivity contribution in [1.29, 1.82) is 0 Å². The van der Waals surface area contributed by atoms with Crippen molar-refractivity contribution in [1.82, 2.24) is 15.0 Å². The first-order valence-corrected chi connectivity index (χ1v) is 5.90. The van der Waals surface area contributed by atoms with E-state index in [-0.39, 0.29) is 0 Å². The second-order valence-electron chi connectivity index (χ2n) is 3.57. The number of aromatic nitrogens is 3. The van der Waals surface area contributed by atoms with Gasteiger partial charge < -0.3 is 14.8 Å². The molecule has 2 heterocycles. The Hall–Kier alpha value is -2.08. The van der Waals surface area contributed by atoms with Crippen LogP contribution in [0.2, 0.25) is 5.15 Å². The fourth-order valence-electron chi connectivity index (χ4n) is 1.57. The molecule has 19 heavy (non-hydrogen) atoms. The maximum Gasteiger partial charge on any atom is 0.225 e. The summed E-state index contributed by atoms with van der Waals surface area (Å²) < 4.78 is 10.4. The van der Waals surface area contributed by atoms with Crippen LogP contribution in [-0.4, -0.2) is 29.2 Å². The highest BCUT2D eigenvalue weighted by atomic mass is 35.5. The van der Waals surface area contributed by atoms with Gasteiger partial charge in [-0.2, -0.15) is 0 Å². The van der Waals surface area contributed by atoms with Crippen LogP contribution in [-0.2, 0) is 6.54 Å². The maximum atomic E-state index is 5.82. The van der Waals surface area contributed by atoms with Gasteiger partial charge in [0.1, 0.15) is 17.3 Å². The third-order valence-corrected chi connectivity index (χ3v) is 2.62. The molecule has 0 atom stereocenters. The second-order valence-corrected chi connectivity index (χ2v) is 3.96. The zero-order valence-electron chi connectivity index (χ0n) is 10.6. The summed E-state index contributed by atoms with van der Waals surface area (Å²) in [5, 5.41) is 3.54. The molecule has 1 N–H and O–H groups in total. The number of anilines is 1. The van der Waals surface area contributed by atoms with Gasteiger partial charge in [0.15, 0.2) is 0 Å². The number of halogens is 1. The van der Waals surface area contributed by atoms with Crippen LogP contribution in [0.1, 0.15) is 5.56 Å². The van der Waals surface area contributed by atoms with E-state index >= 15 is 0 Å². The Morgan fingerprint density at radius 1 is 1.16 bits per heavy atom. The number of nitrogens with zero attached hydrogens (tertiary/aromatic N) is 3. The van der Waals surface area contributed by atoms with E-state index in [2.05, 4.69) is 20.3 Å². The summed E-state index contributed by atoms with van der Waals surface area (Å²) in [6.07, 6.45) is 1.39. The normalized spacial score (nSPS) is 10.1. The molecule has 0 spiro atoms. The van der Waals surface area contributed by atoms with Gasteiger partial charge in [-0.15, -0.1) is 0 Å². The van der Waals surface area contributed by atoms with Gasteiger partial charge in [-0.05, 0) is 12.1 Å². The fourth-order valence-corrected chi connectivity index (χ4v) is 1.73. The highest BCUT2D eigenvalue weighted by Gasteiger charge is 2.12. The molecule has 100 valence electrons. The molecule has 0 radical (unpaired) electrons. The summed E-state index contributed by atoms with van der Waals surface area (Å²) in [6.45, 7) is 0.417. The molecular weight excluding hydrogens is 268 g/mol. The van der Waals surface area contributed by atoms with Gasteiger partial charge in [0.05, 0.1) is 26.3 Å². The Morgan fingerprint density at radius 3 is 2.42 bits per heavy atom. The van der Waals surface area contributed by atoms with Crippen LogP contribution < -0.4 is 14.8 Å². The molecule has 0 unspecified atom stereocenters. The van der Waals surface area contributed by atoms with Crippen LogP contribution in [0.3, 0.4) is 0 Å². The quantitative estimate of drug-likeness (QED) is 0.847. The first kappa shape index (κ1) is 13.4. The molecule has 2 aromatic heterocycles. The van der Waals surface area contributed by atoms with Crippen LogP contribution in [0.25, 0.3) is 0 Å². The number of rotatable bonds is 5. The Labute approximate surface area is 115 Å². The summed E-state index contributed by atoms with van der Waals surface area (Å²) in [6, 6.07) is 5.34. The van der Waals surface area contributed by atoms with E-state index in [1.807, 2.05) is 12.1 Å². The molecule has 0 fully saturated rings. The van der Waals surface area contributed by atoms with Crippen molar-refractivity contribution in [3.05, 3.63) is 35.2 Å². The number of pyridine rings is 1. The van der Waals surface area contributed by atoms with Gasteiger partial charge in [-0.3, -0.25) is 0 Å². The monoisotopic (exact) mass is 280 g/mol. The predicted octanol–water partition coefficient (Wildman–Crippen LogP) is 2.15. The van der Waals surface area contributed by atoms with Crippen molar-refractivity contribution in [2.45, 2.75) is 6.54 Å². The number of methoxy groups -OCH3 is 2. The molecule has 0 amide bonds. The van der Waals surface area contributed by atoms with Crippen molar-refractivity contribution < 1.29 is 9.47 Å². The molecule has 0 aliphatic carbocycles.